The molecule has 1 aromatic carbocycles. The van der Waals surface area contributed by atoms with Gasteiger partial charge in [-0.3, -0.25) is 4.79 Å². The monoisotopic (exact) mass is 258 g/mol. The van der Waals surface area contributed by atoms with Gasteiger partial charge in [0.15, 0.2) is 0 Å². The Hall–Kier alpha value is -2.07. The first-order valence-electron chi connectivity index (χ1n) is 6.28. The molecular weight excluding hydrogens is 240 g/mol. The molecule has 0 aliphatic carbocycles. The summed E-state index contributed by atoms with van der Waals surface area (Å²) in [6, 6.07) is 11.8. The maximum absolute atomic E-state index is 10.9. The number of furan rings is 1. The van der Waals surface area contributed by atoms with Gasteiger partial charge < -0.3 is 15.1 Å². The van der Waals surface area contributed by atoms with Gasteiger partial charge >= 0.3 is 0 Å². The quantitative estimate of drug-likeness (QED) is 0.866. The lowest BCUT2D eigenvalue weighted by atomic mass is 10.2. The van der Waals surface area contributed by atoms with E-state index in [0.717, 1.165) is 23.6 Å². The summed E-state index contributed by atoms with van der Waals surface area (Å²) in [6.45, 7) is 4.31. The molecule has 1 atom stereocenters. The minimum atomic E-state index is -0.0580. The van der Waals surface area contributed by atoms with Gasteiger partial charge in [-0.05, 0) is 36.8 Å². The zero-order valence-electron chi connectivity index (χ0n) is 11.1. The lowest BCUT2D eigenvalue weighted by Gasteiger charge is -2.11. The molecule has 0 aliphatic heterocycles. The molecule has 0 radical (unpaired) electrons. The van der Waals surface area contributed by atoms with Gasteiger partial charge in [0.2, 0.25) is 5.91 Å². The molecule has 1 heterocycles. The number of hydrogen-bond acceptors (Lipinski definition) is 3. The second kappa shape index (κ2) is 6.20. The van der Waals surface area contributed by atoms with Crippen molar-refractivity contribution in [1.82, 2.24) is 5.32 Å². The van der Waals surface area contributed by atoms with E-state index in [9.17, 15) is 4.79 Å². The maximum Gasteiger partial charge on any atom is 0.221 e. The second-order valence-corrected chi connectivity index (χ2v) is 4.50. The smallest absolute Gasteiger partial charge is 0.221 e. The first-order valence-corrected chi connectivity index (χ1v) is 6.28. The highest BCUT2D eigenvalue weighted by Gasteiger charge is 2.06. The summed E-state index contributed by atoms with van der Waals surface area (Å²) in [7, 11) is 0. The van der Waals surface area contributed by atoms with E-state index in [-0.39, 0.29) is 11.9 Å². The number of carbonyl (C=O) groups excluding carboxylic acids is 1. The molecule has 100 valence electrons. The molecular formula is C15H18N2O2. The Labute approximate surface area is 112 Å². The predicted molar refractivity (Wildman–Crippen MR) is 74.7 cm³/mol. The first kappa shape index (κ1) is 13.4. The van der Waals surface area contributed by atoms with Gasteiger partial charge in [-0.25, -0.2) is 0 Å². The van der Waals surface area contributed by atoms with Crippen molar-refractivity contribution in [2.45, 2.75) is 26.4 Å². The maximum atomic E-state index is 10.9. The molecule has 0 bridgehead atoms. The third-order valence-electron chi connectivity index (χ3n) is 2.86. The third kappa shape index (κ3) is 3.96. The van der Waals surface area contributed by atoms with Gasteiger partial charge in [0, 0.05) is 19.2 Å². The van der Waals surface area contributed by atoms with Gasteiger partial charge in [0.05, 0.1) is 12.3 Å². The molecule has 2 N–H and O–H groups in total. The average molecular weight is 258 g/mol. The zero-order chi connectivity index (χ0) is 13.7. The van der Waals surface area contributed by atoms with Crippen molar-refractivity contribution in [3.05, 3.63) is 54.0 Å². The minimum absolute atomic E-state index is 0.0580. The largest absolute Gasteiger partial charge is 0.468 e. The molecule has 2 aromatic rings. The van der Waals surface area contributed by atoms with Gasteiger partial charge in [-0.1, -0.05) is 12.1 Å². The van der Waals surface area contributed by atoms with Crippen LogP contribution in [-0.2, 0) is 11.3 Å². The molecule has 4 nitrogen and oxygen atoms in total. The van der Waals surface area contributed by atoms with Crippen LogP contribution in [0.2, 0.25) is 0 Å². The fourth-order valence-corrected chi connectivity index (χ4v) is 1.82. The first-order chi connectivity index (χ1) is 9.15. The number of rotatable bonds is 5. The molecule has 0 saturated heterocycles. The van der Waals surface area contributed by atoms with Crippen LogP contribution in [0.4, 0.5) is 5.69 Å². The third-order valence-corrected chi connectivity index (χ3v) is 2.86. The van der Waals surface area contributed by atoms with Crippen LogP contribution in [0.15, 0.2) is 47.1 Å². The molecule has 0 spiro atoms. The Morgan fingerprint density at radius 1 is 1.26 bits per heavy atom. The molecule has 1 aromatic heterocycles. The van der Waals surface area contributed by atoms with E-state index in [2.05, 4.69) is 17.6 Å². The van der Waals surface area contributed by atoms with E-state index in [0.29, 0.717) is 0 Å². The van der Waals surface area contributed by atoms with Gasteiger partial charge in [-0.2, -0.15) is 0 Å². The lowest BCUT2D eigenvalue weighted by Crippen LogP contribution is -2.17. The standard InChI is InChI=1S/C15H18N2O2/c1-11(15-4-3-9-19-15)16-10-13-5-7-14(8-6-13)17-12(2)18/h3-9,11,16H,10H2,1-2H3,(H,17,18). The van der Waals surface area contributed by atoms with Crippen LogP contribution in [0.3, 0.4) is 0 Å². The molecule has 4 heteroatoms. The Balaban J connectivity index is 1.88. The fourth-order valence-electron chi connectivity index (χ4n) is 1.82. The van der Waals surface area contributed by atoms with E-state index in [1.165, 1.54) is 6.92 Å². The number of hydrogen-bond donors (Lipinski definition) is 2. The normalized spacial score (nSPS) is 12.1. The average Bonchev–Trinajstić information content (AvgIpc) is 2.91. The van der Waals surface area contributed by atoms with Crippen molar-refractivity contribution in [3.8, 4) is 0 Å². The predicted octanol–water partition coefficient (Wildman–Crippen LogP) is 3.09. The van der Waals surface area contributed by atoms with E-state index in [1.54, 1.807) is 6.26 Å². The Bertz CT molecular complexity index is 518. The molecule has 0 saturated carbocycles. The Morgan fingerprint density at radius 2 is 2.00 bits per heavy atom. The molecule has 1 unspecified atom stereocenters. The van der Waals surface area contributed by atoms with Crippen molar-refractivity contribution in [2.24, 2.45) is 0 Å². The Morgan fingerprint density at radius 3 is 2.58 bits per heavy atom. The van der Waals surface area contributed by atoms with Crippen molar-refractivity contribution < 1.29 is 9.21 Å². The van der Waals surface area contributed by atoms with Crippen molar-refractivity contribution in [2.75, 3.05) is 5.32 Å². The molecule has 19 heavy (non-hydrogen) atoms. The summed E-state index contributed by atoms with van der Waals surface area (Å²) in [4.78, 5) is 10.9. The highest BCUT2D eigenvalue weighted by atomic mass is 16.3. The van der Waals surface area contributed by atoms with Gasteiger partial charge in [0.25, 0.3) is 0 Å². The van der Waals surface area contributed by atoms with Crippen LogP contribution < -0.4 is 10.6 Å². The summed E-state index contributed by atoms with van der Waals surface area (Å²) < 4.78 is 5.34. The fraction of sp³-hybridized carbons (Fsp3) is 0.267. The highest BCUT2D eigenvalue weighted by molar-refractivity contribution is 5.88. The van der Waals surface area contributed by atoms with Crippen LogP contribution in [0.25, 0.3) is 0 Å². The number of amides is 1. The van der Waals surface area contributed by atoms with Crippen LogP contribution in [0, 0.1) is 0 Å². The van der Waals surface area contributed by atoms with Crippen LogP contribution in [0.5, 0.6) is 0 Å². The van der Waals surface area contributed by atoms with Crippen molar-refractivity contribution in [3.63, 3.8) is 0 Å². The van der Waals surface area contributed by atoms with E-state index in [1.807, 2.05) is 36.4 Å². The van der Waals surface area contributed by atoms with Crippen LogP contribution in [-0.4, -0.2) is 5.91 Å². The Kier molecular flexibility index (Phi) is 4.36. The minimum Gasteiger partial charge on any atom is -0.468 e. The number of anilines is 1. The summed E-state index contributed by atoms with van der Waals surface area (Å²) in [6.07, 6.45) is 1.68. The topological polar surface area (TPSA) is 54.3 Å². The van der Waals surface area contributed by atoms with E-state index < -0.39 is 0 Å². The molecule has 1 amide bonds. The van der Waals surface area contributed by atoms with Crippen molar-refractivity contribution in [1.29, 1.82) is 0 Å². The van der Waals surface area contributed by atoms with Gasteiger partial charge in [-0.15, -0.1) is 0 Å². The summed E-state index contributed by atoms with van der Waals surface area (Å²) >= 11 is 0. The summed E-state index contributed by atoms with van der Waals surface area (Å²) in [5, 5.41) is 6.13. The van der Waals surface area contributed by atoms with Crippen LogP contribution in [0.1, 0.15) is 31.2 Å². The van der Waals surface area contributed by atoms with E-state index in [4.69, 9.17) is 4.42 Å². The SMILES string of the molecule is CC(=O)Nc1ccc(CNC(C)c2ccco2)cc1. The van der Waals surface area contributed by atoms with E-state index >= 15 is 0 Å². The number of benzene rings is 1. The summed E-state index contributed by atoms with van der Waals surface area (Å²) in [5.41, 5.74) is 1.97. The number of nitrogens with one attached hydrogen (secondary N) is 2. The number of carbonyl (C=O) groups is 1. The molecule has 0 aliphatic rings. The van der Waals surface area contributed by atoms with Gasteiger partial charge in [0.1, 0.15) is 5.76 Å². The molecule has 2 rings (SSSR count). The van der Waals surface area contributed by atoms with Crippen molar-refractivity contribution >= 4 is 11.6 Å². The lowest BCUT2D eigenvalue weighted by molar-refractivity contribution is -0.114. The second-order valence-electron chi connectivity index (χ2n) is 4.50. The zero-order valence-corrected chi connectivity index (χ0v) is 11.1. The van der Waals surface area contributed by atoms with Crippen LogP contribution >= 0.6 is 0 Å². The molecule has 0 fully saturated rings. The highest BCUT2D eigenvalue weighted by Crippen LogP contribution is 2.14. The summed E-state index contributed by atoms with van der Waals surface area (Å²) in [5.74, 6) is 0.868.